The van der Waals surface area contributed by atoms with Crippen molar-refractivity contribution < 1.29 is 34.2 Å². The molecule has 0 heterocycles. The first-order valence-corrected chi connectivity index (χ1v) is 13.7. The van der Waals surface area contributed by atoms with Crippen molar-refractivity contribution >= 4 is 17.9 Å². The van der Waals surface area contributed by atoms with E-state index in [9.17, 15) is 29.7 Å². The first-order chi connectivity index (χ1) is 16.5. The molecule has 3 N–H and O–H groups in total. The minimum atomic E-state index is -0.935. The number of rotatable bonds is 24. The second-order valence-electron chi connectivity index (χ2n) is 10.7. The van der Waals surface area contributed by atoms with Crippen molar-refractivity contribution in [3.8, 4) is 0 Å². The zero-order valence-corrected chi connectivity index (χ0v) is 22.6. The standard InChI is InChI=1S/C28H51NO6/c1-5-6-7-8-9-10-11-12-13-14-15-16-17-18-19-29(20-23(2)26(30)31,21-24(3)27(32)33)22-25(4)28(34)35/h5,23-25H,1,6-22H2,2-4H3,(H2-,30,31,32,33,34,35)/p+1. The Hall–Kier alpha value is -1.89. The van der Waals surface area contributed by atoms with Crippen molar-refractivity contribution in [2.24, 2.45) is 17.8 Å². The van der Waals surface area contributed by atoms with Gasteiger partial charge in [0.2, 0.25) is 0 Å². The minimum absolute atomic E-state index is 0.223. The van der Waals surface area contributed by atoms with Gasteiger partial charge >= 0.3 is 17.9 Å². The monoisotopic (exact) mass is 498 g/mol. The van der Waals surface area contributed by atoms with Crippen LogP contribution in [0.5, 0.6) is 0 Å². The molecule has 0 aromatic rings. The number of carbonyl (C=O) groups is 3. The van der Waals surface area contributed by atoms with Gasteiger partial charge in [0.05, 0.1) is 26.2 Å². The van der Waals surface area contributed by atoms with Crippen LogP contribution in [0.25, 0.3) is 0 Å². The van der Waals surface area contributed by atoms with Gasteiger partial charge in [0.15, 0.2) is 0 Å². The fourth-order valence-electron chi connectivity index (χ4n) is 4.98. The summed E-state index contributed by atoms with van der Waals surface area (Å²) >= 11 is 0. The van der Waals surface area contributed by atoms with Crippen molar-refractivity contribution in [3.05, 3.63) is 12.7 Å². The summed E-state index contributed by atoms with van der Waals surface area (Å²) in [5.74, 6) is -4.81. The third kappa shape index (κ3) is 16.4. The van der Waals surface area contributed by atoms with Gasteiger partial charge in [-0.05, 0) is 46.5 Å². The summed E-state index contributed by atoms with van der Waals surface area (Å²) in [6.07, 6.45) is 17.5. The van der Waals surface area contributed by atoms with Crippen LogP contribution in [0.2, 0.25) is 0 Å². The maximum Gasteiger partial charge on any atom is 0.311 e. The van der Waals surface area contributed by atoms with Gasteiger partial charge in [-0.25, -0.2) is 0 Å². The molecule has 0 aromatic carbocycles. The molecular formula is C28H52NO6+. The van der Waals surface area contributed by atoms with Gasteiger partial charge in [0.1, 0.15) is 17.8 Å². The number of quaternary nitrogens is 1. The Morgan fingerprint density at radius 2 is 0.886 bits per heavy atom. The molecule has 0 aliphatic rings. The maximum absolute atomic E-state index is 11.6. The third-order valence-electron chi connectivity index (χ3n) is 7.04. The van der Waals surface area contributed by atoms with Gasteiger partial charge in [-0.3, -0.25) is 14.4 Å². The van der Waals surface area contributed by atoms with E-state index < -0.39 is 35.7 Å². The molecule has 7 nitrogen and oxygen atoms in total. The zero-order chi connectivity index (χ0) is 26.7. The van der Waals surface area contributed by atoms with Crippen molar-refractivity contribution in [1.82, 2.24) is 0 Å². The molecule has 0 bridgehead atoms. The largest absolute Gasteiger partial charge is 0.481 e. The highest BCUT2D eigenvalue weighted by molar-refractivity contribution is 5.70. The van der Waals surface area contributed by atoms with E-state index >= 15 is 0 Å². The lowest BCUT2D eigenvalue weighted by molar-refractivity contribution is -0.934. The molecule has 7 heteroatoms. The number of carboxylic acids is 3. The Morgan fingerprint density at radius 3 is 1.17 bits per heavy atom. The lowest BCUT2D eigenvalue weighted by atomic mass is 10.00. The zero-order valence-electron chi connectivity index (χ0n) is 22.6. The highest BCUT2D eigenvalue weighted by Gasteiger charge is 2.38. The number of carboxylic acid groups (broad SMARTS) is 3. The number of allylic oxidation sites excluding steroid dienone is 1. The van der Waals surface area contributed by atoms with Crippen LogP contribution in [0.15, 0.2) is 12.7 Å². The van der Waals surface area contributed by atoms with Gasteiger partial charge in [-0.2, -0.15) is 0 Å². The van der Waals surface area contributed by atoms with E-state index in [1.54, 1.807) is 20.8 Å². The Balaban J connectivity index is 4.62. The van der Waals surface area contributed by atoms with E-state index in [0.29, 0.717) is 6.54 Å². The minimum Gasteiger partial charge on any atom is -0.481 e. The van der Waals surface area contributed by atoms with E-state index in [2.05, 4.69) is 6.58 Å². The molecule has 0 fully saturated rings. The average Bonchev–Trinajstić information content (AvgIpc) is 2.78. The van der Waals surface area contributed by atoms with Gasteiger partial charge in [0, 0.05) is 0 Å². The molecular weight excluding hydrogens is 446 g/mol. The molecule has 0 aliphatic carbocycles. The Bertz CT molecular complexity index is 566. The van der Waals surface area contributed by atoms with Crippen LogP contribution >= 0.6 is 0 Å². The molecule has 0 amide bonds. The normalized spacial score (nSPS) is 15.6. The molecule has 0 saturated heterocycles. The number of hydrogen-bond acceptors (Lipinski definition) is 3. The molecule has 3 atom stereocenters. The van der Waals surface area contributed by atoms with E-state index in [1.807, 2.05) is 6.08 Å². The first kappa shape index (κ1) is 33.1. The summed E-state index contributed by atoms with van der Waals surface area (Å²) in [6.45, 7) is 9.96. The number of nitrogens with zero attached hydrogens (tertiary/aromatic N) is 1. The molecule has 204 valence electrons. The predicted octanol–water partition coefficient (Wildman–Crippen LogP) is 6.22. The molecule has 3 unspecified atom stereocenters. The smallest absolute Gasteiger partial charge is 0.311 e. The molecule has 0 aromatic heterocycles. The quantitative estimate of drug-likeness (QED) is 0.0827. The summed E-state index contributed by atoms with van der Waals surface area (Å²) in [6, 6.07) is 0. The summed E-state index contributed by atoms with van der Waals surface area (Å²) in [4.78, 5) is 34.7. The number of hydrogen-bond donors (Lipinski definition) is 3. The van der Waals surface area contributed by atoms with E-state index in [4.69, 9.17) is 0 Å². The lowest BCUT2D eigenvalue weighted by Crippen LogP contribution is -2.57. The van der Waals surface area contributed by atoms with Gasteiger partial charge in [-0.1, -0.05) is 63.9 Å². The van der Waals surface area contributed by atoms with Crippen LogP contribution in [0.1, 0.15) is 104 Å². The fourth-order valence-corrected chi connectivity index (χ4v) is 4.98. The third-order valence-corrected chi connectivity index (χ3v) is 7.04. The van der Waals surface area contributed by atoms with Crippen molar-refractivity contribution in [2.45, 2.75) is 104 Å². The van der Waals surface area contributed by atoms with Crippen LogP contribution in [0.3, 0.4) is 0 Å². The van der Waals surface area contributed by atoms with E-state index in [-0.39, 0.29) is 24.1 Å². The highest BCUT2D eigenvalue weighted by Crippen LogP contribution is 2.22. The molecule has 0 aliphatic heterocycles. The van der Waals surface area contributed by atoms with Crippen LogP contribution in [0.4, 0.5) is 0 Å². The molecule has 0 rings (SSSR count). The second kappa shape index (κ2) is 19.3. The topological polar surface area (TPSA) is 112 Å². The molecule has 0 saturated carbocycles. The highest BCUT2D eigenvalue weighted by atomic mass is 16.4. The SMILES string of the molecule is C=CCCCCCCCCCCCCCC[N+](CC(C)C(=O)O)(CC(C)C(=O)O)CC(C)C(=O)O. The lowest BCUT2D eigenvalue weighted by Gasteiger charge is -2.42. The summed E-state index contributed by atoms with van der Waals surface area (Å²) in [5, 5.41) is 28.4. The van der Waals surface area contributed by atoms with Crippen LogP contribution in [-0.2, 0) is 14.4 Å². The van der Waals surface area contributed by atoms with Crippen LogP contribution in [0, 0.1) is 17.8 Å². The fraction of sp³-hybridized carbons (Fsp3) is 0.821. The summed E-state index contributed by atoms with van der Waals surface area (Å²) in [5.41, 5.74) is 0. The summed E-state index contributed by atoms with van der Waals surface area (Å²) in [7, 11) is 0. The predicted molar refractivity (Wildman–Crippen MR) is 140 cm³/mol. The number of aliphatic carboxylic acids is 3. The number of unbranched alkanes of at least 4 members (excludes halogenated alkanes) is 12. The second-order valence-corrected chi connectivity index (χ2v) is 10.7. The van der Waals surface area contributed by atoms with Crippen molar-refractivity contribution in [1.29, 1.82) is 0 Å². The van der Waals surface area contributed by atoms with Gasteiger partial charge in [0.25, 0.3) is 0 Å². The van der Waals surface area contributed by atoms with E-state index in [1.165, 1.54) is 57.8 Å². The maximum atomic E-state index is 11.6. The Kier molecular flexibility index (Phi) is 18.3. The summed E-state index contributed by atoms with van der Waals surface area (Å²) < 4.78 is 0.223. The van der Waals surface area contributed by atoms with Crippen molar-refractivity contribution in [3.63, 3.8) is 0 Å². The van der Waals surface area contributed by atoms with E-state index in [0.717, 1.165) is 25.7 Å². The molecule has 35 heavy (non-hydrogen) atoms. The Labute approximate surface area is 213 Å². The van der Waals surface area contributed by atoms with Crippen LogP contribution in [-0.4, -0.2) is 63.9 Å². The van der Waals surface area contributed by atoms with Crippen LogP contribution < -0.4 is 0 Å². The Morgan fingerprint density at radius 1 is 0.600 bits per heavy atom. The average molecular weight is 499 g/mol. The first-order valence-electron chi connectivity index (χ1n) is 13.7. The van der Waals surface area contributed by atoms with Gasteiger partial charge < -0.3 is 19.8 Å². The van der Waals surface area contributed by atoms with Crippen molar-refractivity contribution in [2.75, 3.05) is 26.2 Å². The molecule has 0 radical (unpaired) electrons. The van der Waals surface area contributed by atoms with Gasteiger partial charge in [-0.15, -0.1) is 6.58 Å². The molecule has 0 spiro atoms.